The average Bonchev–Trinajstić information content (AvgIpc) is 2.95. The van der Waals surface area contributed by atoms with Gasteiger partial charge in [0.1, 0.15) is 0 Å². The van der Waals surface area contributed by atoms with Crippen LogP contribution in [-0.2, 0) is 0 Å². The summed E-state index contributed by atoms with van der Waals surface area (Å²) in [5, 5.41) is 7.36. The van der Waals surface area contributed by atoms with Crippen LogP contribution in [0, 0.1) is 11.3 Å². The molecule has 1 spiro atoms. The maximum absolute atomic E-state index is 3.81. The molecule has 1 saturated heterocycles. The van der Waals surface area contributed by atoms with Crippen LogP contribution in [0.5, 0.6) is 0 Å². The highest BCUT2D eigenvalue weighted by Crippen LogP contribution is 2.55. The number of hydrogen-bond acceptors (Lipinski definition) is 2. The summed E-state index contributed by atoms with van der Waals surface area (Å²) in [6, 6.07) is 0. The molecule has 0 aromatic carbocycles. The van der Waals surface area contributed by atoms with E-state index in [0.29, 0.717) is 11.0 Å². The Hall–Kier alpha value is -0.0800. The molecular formula is C11H20N2. The van der Waals surface area contributed by atoms with E-state index in [2.05, 4.69) is 17.6 Å². The van der Waals surface area contributed by atoms with Gasteiger partial charge in [0.2, 0.25) is 0 Å². The fraction of sp³-hybridized carbons (Fsp3) is 1.00. The van der Waals surface area contributed by atoms with Crippen LogP contribution in [0.25, 0.3) is 0 Å². The van der Waals surface area contributed by atoms with Crippen molar-refractivity contribution in [2.24, 2.45) is 11.3 Å². The highest BCUT2D eigenvalue weighted by atomic mass is 15.1. The minimum absolute atomic E-state index is 0.412. The van der Waals surface area contributed by atoms with Crippen molar-refractivity contribution in [2.45, 2.75) is 38.1 Å². The molecule has 3 aliphatic rings. The smallest absolute Gasteiger partial charge is 0.0346 e. The zero-order chi connectivity index (χ0) is 8.94. The zero-order valence-electron chi connectivity index (χ0n) is 8.53. The fourth-order valence-electron chi connectivity index (χ4n) is 2.76. The van der Waals surface area contributed by atoms with Crippen LogP contribution < -0.4 is 10.6 Å². The predicted octanol–water partition coefficient (Wildman–Crippen LogP) is 1.13. The van der Waals surface area contributed by atoms with Gasteiger partial charge in [-0.1, -0.05) is 0 Å². The molecule has 1 atom stereocenters. The first-order chi connectivity index (χ1) is 6.24. The van der Waals surface area contributed by atoms with Crippen molar-refractivity contribution in [1.82, 2.24) is 10.6 Å². The highest BCUT2D eigenvalue weighted by molar-refractivity contribution is 5.16. The van der Waals surface area contributed by atoms with Crippen molar-refractivity contribution in [3.05, 3.63) is 0 Å². The molecule has 0 amide bonds. The standard InChI is InChI=1S/C11H20N2/c1-10(13-6-9-2-3-9)7-12-8-11(10)4-5-11/h9,12-13H,2-8H2,1H3. The van der Waals surface area contributed by atoms with E-state index in [-0.39, 0.29) is 0 Å². The number of nitrogens with one attached hydrogen (secondary N) is 2. The first-order valence-corrected chi connectivity index (χ1v) is 5.70. The quantitative estimate of drug-likeness (QED) is 0.680. The van der Waals surface area contributed by atoms with Gasteiger partial charge in [-0.15, -0.1) is 0 Å². The lowest BCUT2D eigenvalue weighted by molar-refractivity contribution is 0.270. The molecule has 1 unspecified atom stereocenters. The summed E-state index contributed by atoms with van der Waals surface area (Å²) in [4.78, 5) is 0. The average molecular weight is 180 g/mol. The Balaban J connectivity index is 1.64. The Morgan fingerprint density at radius 2 is 2.08 bits per heavy atom. The maximum atomic E-state index is 3.81. The van der Waals surface area contributed by atoms with Crippen LogP contribution in [0.4, 0.5) is 0 Å². The summed E-state index contributed by atoms with van der Waals surface area (Å²) >= 11 is 0. The second kappa shape index (κ2) is 2.48. The maximum Gasteiger partial charge on any atom is 0.0346 e. The van der Waals surface area contributed by atoms with Crippen molar-refractivity contribution < 1.29 is 0 Å². The van der Waals surface area contributed by atoms with Crippen molar-refractivity contribution >= 4 is 0 Å². The lowest BCUT2D eigenvalue weighted by Gasteiger charge is -2.32. The number of hydrogen-bond donors (Lipinski definition) is 2. The van der Waals surface area contributed by atoms with Crippen LogP contribution in [0.3, 0.4) is 0 Å². The van der Waals surface area contributed by atoms with Crippen LogP contribution in [0.1, 0.15) is 32.6 Å². The van der Waals surface area contributed by atoms with Crippen molar-refractivity contribution in [2.75, 3.05) is 19.6 Å². The molecule has 2 nitrogen and oxygen atoms in total. The Morgan fingerprint density at radius 3 is 2.69 bits per heavy atom. The minimum Gasteiger partial charge on any atom is -0.314 e. The van der Waals surface area contributed by atoms with Crippen molar-refractivity contribution in [3.8, 4) is 0 Å². The molecule has 2 aliphatic carbocycles. The molecule has 2 saturated carbocycles. The molecule has 13 heavy (non-hydrogen) atoms. The first kappa shape index (κ1) is 8.25. The lowest BCUT2D eigenvalue weighted by atomic mass is 9.85. The predicted molar refractivity (Wildman–Crippen MR) is 53.7 cm³/mol. The monoisotopic (exact) mass is 180 g/mol. The van der Waals surface area contributed by atoms with Gasteiger partial charge >= 0.3 is 0 Å². The van der Waals surface area contributed by atoms with Gasteiger partial charge in [0.25, 0.3) is 0 Å². The van der Waals surface area contributed by atoms with E-state index >= 15 is 0 Å². The third kappa shape index (κ3) is 1.23. The van der Waals surface area contributed by atoms with Gasteiger partial charge in [-0.25, -0.2) is 0 Å². The van der Waals surface area contributed by atoms with Gasteiger partial charge in [-0.05, 0) is 45.1 Å². The van der Waals surface area contributed by atoms with E-state index in [4.69, 9.17) is 0 Å². The molecule has 0 radical (unpaired) electrons. The molecule has 0 aromatic heterocycles. The van der Waals surface area contributed by atoms with Crippen molar-refractivity contribution in [3.63, 3.8) is 0 Å². The highest BCUT2D eigenvalue weighted by Gasteiger charge is 2.59. The normalized spacial score (nSPS) is 41.3. The minimum atomic E-state index is 0.412. The summed E-state index contributed by atoms with van der Waals surface area (Å²) in [6.45, 7) is 6.11. The van der Waals surface area contributed by atoms with Crippen LogP contribution >= 0.6 is 0 Å². The topological polar surface area (TPSA) is 24.1 Å². The largest absolute Gasteiger partial charge is 0.314 e. The van der Waals surface area contributed by atoms with Crippen LogP contribution in [-0.4, -0.2) is 25.2 Å². The van der Waals surface area contributed by atoms with Gasteiger partial charge in [0, 0.05) is 24.0 Å². The van der Waals surface area contributed by atoms with E-state index in [1.54, 1.807) is 0 Å². The third-order valence-corrected chi connectivity index (χ3v) is 4.44. The third-order valence-electron chi connectivity index (χ3n) is 4.44. The summed E-state index contributed by atoms with van der Waals surface area (Å²) in [5.74, 6) is 1.01. The Labute approximate surface area is 80.5 Å². The molecular weight excluding hydrogens is 160 g/mol. The Bertz CT molecular complexity index is 218. The van der Waals surface area contributed by atoms with Crippen LogP contribution in [0.2, 0.25) is 0 Å². The van der Waals surface area contributed by atoms with E-state index in [9.17, 15) is 0 Å². The lowest BCUT2D eigenvalue weighted by Crippen LogP contribution is -2.51. The Morgan fingerprint density at radius 1 is 1.31 bits per heavy atom. The molecule has 0 bridgehead atoms. The molecule has 3 rings (SSSR count). The molecule has 2 heteroatoms. The van der Waals surface area contributed by atoms with Crippen molar-refractivity contribution in [1.29, 1.82) is 0 Å². The van der Waals surface area contributed by atoms with E-state index < -0.39 is 0 Å². The summed E-state index contributed by atoms with van der Waals surface area (Å²) in [7, 11) is 0. The molecule has 3 fully saturated rings. The molecule has 1 heterocycles. The fourth-order valence-corrected chi connectivity index (χ4v) is 2.76. The molecule has 74 valence electrons. The van der Waals surface area contributed by atoms with E-state index in [0.717, 1.165) is 5.92 Å². The molecule has 0 aromatic rings. The second-order valence-corrected chi connectivity index (χ2v) is 5.54. The van der Waals surface area contributed by atoms with E-state index in [1.165, 1.54) is 45.3 Å². The summed E-state index contributed by atoms with van der Waals surface area (Å²) in [5.41, 5.74) is 1.05. The molecule has 1 aliphatic heterocycles. The number of rotatable bonds is 3. The Kier molecular flexibility index (Phi) is 1.58. The second-order valence-electron chi connectivity index (χ2n) is 5.54. The summed E-state index contributed by atoms with van der Waals surface area (Å²) < 4.78 is 0. The van der Waals surface area contributed by atoms with Gasteiger partial charge in [0.15, 0.2) is 0 Å². The van der Waals surface area contributed by atoms with Gasteiger partial charge in [-0.2, -0.15) is 0 Å². The van der Waals surface area contributed by atoms with Crippen LogP contribution in [0.15, 0.2) is 0 Å². The van der Waals surface area contributed by atoms with E-state index in [1.807, 2.05) is 0 Å². The molecule has 2 N–H and O–H groups in total. The van der Waals surface area contributed by atoms with Gasteiger partial charge < -0.3 is 10.6 Å². The van der Waals surface area contributed by atoms with Gasteiger partial charge in [0.05, 0.1) is 0 Å². The summed E-state index contributed by atoms with van der Waals surface area (Å²) in [6.07, 6.45) is 5.80. The first-order valence-electron chi connectivity index (χ1n) is 5.70. The van der Waals surface area contributed by atoms with Gasteiger partial charge in [-0.3, -0.25) is 0 Å². The SMILES string of the molecule is CC1(NCC2CC2)CNCC12CC2. The zero-order valence-corrected chi connectivity index (χ0v) is 8.53.